The maximum Gasteiger partial charge on any atom is 0.256 e. The first-order chi connectivity index (χ1) is 15.0. The molecule has 9 heteroatoms. The number of anilines is 1. The molecule has 1 atom stereocenters. The van der Waals surface area contributed by atoms with Crippen molar-refractivity contribution in [3.05, 3.63) is 64.3 Å². The Morgan fingerprint density at radius 1 is 1.13 bits per heavy atom. The number of carbonyl (C=O) groups is 1. The van der Waals surface area contributed by atoms with Gasteiger partial charge in [0.1, 0.15) is 5.82 Å². The minimum absolute atomic E-state index is 0.326. The Morgan fingerprint density at radius 3 is 2.65 bits per heavy atom. The largest absolute Gasteiger partial charge is 0.490 e. The lowest BCUT2D eigenvalue weighted by Crippen LogP contribution is -2.17. The number of nitrogens with zero attached hydrogens (tertiary/aromatic N) is 2. The molecular formula is C22H22ClN3O4S. The minimum Gasteiger partial charge on any atom is -0.490 e. The van der Waals surface area contributed by atoms with Crippen molar-refractivity contribution < 1.29 is 18.5 Å². The van der Waals surface area contributed by atoms with E-state index in [9.17, 15) is 9.00 Å². The van der Waals surface area contributed by atoms with E-state index in [4.69, 9.17) is 21.1 Å². The van der Waals surface area contributed by atoms with Gasteiger partial charge in [-0.15, -0.1) is 0 Å². The van der Waals surface area contributed by atoms with E-state index in [1.54, 1.807) is 35.0 Å². The van der Waals surface area contributed by atoms with Crippen molar-refractivity contribution in [2.75, 3.05) is 18.5 Å². The summed E-state index contributed by atoms with van der Waals surface area (Å²) in [6, 6.07) is 12.3. The number of halogens is 1. The van der Waals surface area contributed by atoms with Gasteiger partial charge in [0, 0.05) is 26.9 Å². The second kappa shape index (κ2) is 9.11. The fourth-order valence-corrected chi connectivity index (χ4v) is 4.87. The normalized spacial score (nSPS) is 14.9. The molecule has 1 N–H and O–H groups in total. The Balaban J connectivity index is 1.70. The van der Waals surface area contributed by atoms with E-state index in [-0.39, 0.29) is 5.91 Å². The number of benzene rings is 2. The summed E-state index contributed by atoms with van der Waals surface area (Å²) in [7, 11) is -1.03. The molecular weight excluding hydrogens is 438 g/mol. The fraction of sp³-hybridized carbons (Fsp3) is 0.273. The van der Waals surface area contributed by atoms with E-state index in [1.165, 1.54) is 0 Å². The van der Waals surface area contributed by atoms with Crippen molar-refractivity contribution in [3.8, 4) is 17.2 Å². The van der Waals surface area contributed by atoms with Crippen LogP contribution < -0.4 is 14.8 Å². The van der Waals surface area contributed by atoms with Crippen molar-refractivity contribution in [2.45, 2.75) is 25.4 Å². The van der Waals surface area contributed by atoms with Crippen molar-refractivity contribution >= 4 is 34.1 Å². The lowest BCUT2D eigenvalue weighted by Gasteiger charge is -2.14. The molecule has 4 rings (SSSR count). The molecule has 0 radical (unpaired) electrons. The molecule has 0 saturated heterocycles. The molecule has 1 unspecified atom stereocenters. The molecule has 7 nitrogen and oxygen atoms in total. The van der Waals surface area contributed by atoms with Crippen LogP contribution in [0, 0.1) is 0 Å². The van der Waals surface area contributed by atoms with Gasteiger partial charge in [-0.3, -0.25) is 9.00 Å². The van der Waals surface area contributed by atoms with Crippen LogP contribution in [0.1, 0.15) is 35.5 Å². The Labute approximate surface area is 187 Å². The number of hydrogen-bond donors (Lipinski definition) is 1. The summed E-state index contributed by atoms with van der Waals surface area (Å²) in [5.41, 5.74) is 2.63. The number of rotatable bonds is 7. The van der Waals surface area contributed by atoms with Crippen LogP contribution in [0.15, 0.2) is 42.5 Å². The van der Waals surface area contributed by atoms with Gasteiger partial charge in [0.2, 0.25) is 0 Å². The van der Waals surface area contributed by atoms with Crippen LogP contribution in [0.4, 0.5) is 5.82 Å². The Morgan fingerprint density at radius 2 is 1.90 bits per heavy atom. The van der Waals surface area contributed by atoms with Crippen molar-refractivity contribution in [1.29, 1.82) is 0 Å². The molecule has 162 valence electrons. The molecule has 0 saturated carbocycles. The van der Waals surface area contributed by atoms with Crippen LogP contribution in [-0.2, 0) is 22.3 Å². The van der Waals surface area contributed by atoms with Gasteiger partial charge < -0.3 is 14.8 Å². The molecule has 1 aromatic heterocycles. The number of carbonyl (C=O) groups excluding carboxylic acids is 1. The van der Waals surface area contributed by atoms with E-state index in [0.29, 0.717) is 58.3 Å². The van der Waals surface area contributed by atoms with E-state index in [0.717, 1.165) is 11.3 Å². The lowest BCUT2D eigenvalue weighted by atomic mass is 10.1. The summed E-state index contributed by atoms with van der Waals surface area (Å²) in [5, 5.41) is 8.10. The van der Waals surface area contributed by atoms with Crippen LogP contribution in [0.2, 0.25) is 5.02 Å². The molecule has 31 heavy (non-hydrogen) atoms. The highest BCUT2D eigenvalue weighted by Crippen LogP contribution is 2.33. The monoisotopic (exact) mass is 459 g/mol. The summed E-state index contributed by atoms with van der Waals surface area (Å²) in [6.45, 7) is 4.70. The van der Waals surface area contributed by atoms with E-state index in [2.05, 4.69) is 10.4 Å². The Bertz CT molecular complexity index is 1160. The number of ether oxygens (including phenoxy) is 2. The predicted molar refractivity (Wildman–Crippen MR) is 121 cm³/mol. The van der Waals surface area contributed by atoms with Gasteiger partial charge in [-0.25, -0.2) is 4.68 Å². The van der Waals surface area contributed by atoms with Crippen LogP contribution in [-0.4, -0.2) is 33.1 Å². The van der Waals surface area contributed by atoms with Crippen molar-refractivity contribution in [2.24, 2.45) is 0 Å². The molecule has 0 fully saturated rings. The highest BCUT2D eigenvalue weighted by molar-refractivity contribution is 7.83. The number of fused-ring (bicyclic) bond motifs is 1. The number of hydrogen-bond acceptors (Lipinski definition) is 5. The SMILES string of the molecule is CCOc1ccc(C(=O)Nc2c3c(nn2-c2cccc(Cl)c2)CS(=O)C3)cc1OCC. The van der Waals surface area contributed by atoms with Gasteiger partial charge in [0.25, 0.3) is 5.91 Å². The van der Waals surface area contributed by atoms with Gasteiger partial charge >= 0.3 is 0 Å². The van der Waals surface area contributed by atoms with Crippen molar-refractivity contribution in [3.63, 3.8) is 0 Å². The lowest BCUT2D eigenvalue weighted by molar-refractivity contribution is 0.102. The molecule has 2 aromatic carbocycles. The third-order valence-corrected chi connectivity index (χ3v) is 6.20. The van der Waals surface area contributed by atoms with Gasteiger partial charge in [0.15, 0.2) is 11.5 Å². The van der Waals surface area contributed by atoms with E-state index >= 15 is 0 Å². The predicted octanol–water partition coefficient (Wildman–Crippen LogP) is 4.34. The summed E-state index contributed by atoms with van der Waals surface area (Å²) in [6.07, 6.45) is 0. The summed E-state index contributed by atoms with van der Waals surface area (Å²) >= 11 is 6.15. The highest BCUT2D eigenvalue weighted by Gasteiger charge is 2.28. The molecule has 3 aromatic rings. The van der Waals surface area contributed by atoms with Crippen molar-refractivity contribution in [1.82, 2.24) is 9.78 Å². The first kappa shape index (κ1) is 21.4. The zero-order chi connectivity index (χ0) is 22.0. The van der Waals surface area contributed by atoms with Gasteiger partial charge in [-0.2, -0.15) is 5.10 Å². The number of amides is 1. The molecule has 0 spiro atoms. The fourth-order valence-electron chi connectivity index (χ4n) is 3.42. The van der Waals surface area contributed by atoms with Gasteiger partial charge in [-0.1, -0.05) is 17.7 Å². The van der Waals surface area contributed by atoms with Gasteiger partial charge in [0.05, 0.1) is 36.1 Å². The number of aromatic nitrogens is 2. The second-order valence-corrected chi connectivity index (χ2v) is 8.77. The molecule has 1 amide bonds. The topological polar surface area (TPSA) is 82.5 Å². The number of nitrogens with one attached hydrogen (secondary N) is 1. The zero-order valence-corrected chi connectivity index (χ0v) is 18.8. The first-order valence-corrected chi connectivity index (χ1v) is 11.8. The quantitative estimate of drug-likeness (QED) is 0.568. The standard InChI is InChI=1S/C22H22ClN3O4S/c1-3-29-19-9-8-14(10-20(19)30-4-2)22(27)24-21-17-12-31(28)13-18(17)25-26(21)16-7-5-6-15(23)11-16/h5-11H,3-4,12-13H2,1-2H3,(H,24,27). The Kier molecular flexibility index (Phi) is 6.29. The van der Waals surface area contributed by atoms with Crippen LogP contribution >= 0.6 is 11.6 Å². The van der Waals surface area contributed by atoms with E-state index < -0.39 is 10.8 Å². The Hall–Kier alpha value is -2.84. The summed E-state index contributed by atoms with van der Waals surface area (Å²) < 4.78 is 24.9. The third kappa shape index (κ3) is 4.45. The summed E-state index contributed by atoms with van der Waals surface area (Å²) in [5.74, 6) is 1.97. The second-order valence-electron chi connectivity index (χ2n) is 6.88. The molecule has 0 aliphatic carbocycles. The van der Waals surface area contributed by atoms with E-state index in [1.807, 2.05) is 26.0 Å². The molecule has 2 heterocycles. The van der Waals surface area contributed by atoms with Crippen LogP contribution in [0.5, 0.6) is 11.5 Å². The van der Waals surface area contributed by atoms with Crippen LogP contribution in [0.3, 0.4) is 0 Å². The molecule has 1 aliphatic rings. The zero-order valence-electron chi connectivity index (χ0n) is 17.2. The minimum atomic E-state index is -1.03. The average molecular weight is 460 g/mol. The third-order valence-electron chi connectivity index (χ3n) is 4.76. The highest BCUT2D eigenvalue weighted by atomic mass is 35.5. The van der Waals surface area contributed by atoms with Gasteiger partial charge in [-0.05, 0) is 50.2 Å². The average Bonchev–Trinajstić information content (AvgIpc) is 3.26. The van der Waals surface area contributed by atoms with Crippen LogP contribution in [0.25, 0.3) is 5.69 Å². The molecule has 1 aliphatic heterocycles. The smallest absolute Gasteiger partial charge is 0.256 e. The first-order valence-electron chi connectivity index (χ1n) is 9.92. The maximum absolute atomic E-state index is 13.1. The summed E-state index contributed by atoms with van der Waals surface area (Å²) in [4.78, 5) is 13.1. The molecule has 0 bridgehead atoms. The maximum atomic E-state index is 13.1.